The standard InChI is InChI=1S/C16H19ClN2O6S/c17-11-7-12-13(25-9-15(20)18-12)8-14(11)26(21,22)19-3-1-10(2-4-19)16-23-5-6-24-16/h7-8,10,16H,1-6,9H2,(H,18,20). The number of fused-ring (bicyclic) bond motifs is 1. The van der Waals surface area contributed by atoms with Gasteiger partial charge in [-0.15, -0.1) is 0 Å². The van der Waals surface area contributed by atoms with Gasteiger partial charge >= 0.3 is 0 Å². The van der Waals surface area contributed by atoms with Crippen molar-refractivity contribution in [2.45, 2.75) is 24.0 Å². The van der Waals surface area contributed by atoms with E-state index < -0.39 is 10.0 Å². The average Bonchev–Trinajstić information content (AvgIpc) is 3.15. The van der Waals surface area contributed by atoms with E-state index in [2.05, 4.69) is 5.32 Å². The van der Waals surface area contributed by atoms with Crippen molar-refractivity contribution in [1.82, 2.24) is 4.31 Å². The van der Waals surface area contributed by atoms with Crippen LogP contribution < -0.4 is 10.1 Å². The van der Waals surface area contributed by atoms with Crippen LogP contribution >= 0.6 is 11.6 Å². The van der Waals surface area contributed by atoms with Crippen LogP contribution in [0.2, 0.25) is 5.02 Å². The van der Waals surface area contributed by atoms with Gasteiger partial charge in [0.2, 0.25) is 10.0 Å². The molecule has 0 aromatic heterocycles. The van der Waals surface area contributed by atoms with E-state index in [1.165, 1.54) is 16.4 Å². The Bertz CT molecular complexity index is 816. The Morgan fingerprint density at radius 1 is 1.15 bits per heavy atom. The summed E-state index contributed by atoms with van der Waals surface area (Å²) in [5, 5.41) is 2.67. The Morgan fingerprint density at radius 3 is 2.54 bits per heavy atom. The number of benzene rings is 1. The third kappa shape index (κ3) is 3.29. The zero-order valence-electron chi connectivity index (χ0n) is 13.9. The van der Waals surface area contributed by atoms with Crippen molar-refractivity contribution in [2.24, 2.45) is 5.92 Å². The highest BCUT2D eigenvalue weighted by Crippen LogP contribution is 2.38. The fraction of sp³-hybridized carbons (Fsp3) is 0.562. The van der Waals surface area contributed by atoms with Gasteiger partial charge in [-0.05, 0) is 18.9 Å². The molecule has 26 heavy (non-hydrogen) atoms. The number of hydrogen-bond donors (Lipinski definition) is 1. The summed E-state index contributed by atoms with van der Waals surface area (Å²) in [6.45, 7) is 1.78. The van der Waals surface area contributed by atoms with E-state index in [1.54, 1.807) is 0 Å². The number of nitrogens with one attached hydrogen (secondary N) is 1. The van der Waals surface area contributed by atoms with Crippen molar-refractivity contribution < 1.29 is 27.4 Å². The highest BCUT2D eigenvalue weighted by Gasteiger charge is 2.36. The van der Waals surface area contributed by atoms with Crippen molar-refractivity contribution in [3.05, 3.63) is 17.2 Å². The molecule has 142 valence electrons. The smallest absolute Gasteiger partial charge is 0.262 e. The Hall–Kier alpha value is -1.39. The van der Waals surface area contributed by atoms with E-state index in [1.807, 2.05) is 0 Å². The molecule has 0 atom stereocenters. The van der Waals surface area contributed by atoms with E-state index in [4.69, 9.17) is 25.8 Å². The summed E-state index contributed by atoms with van der Waals surface area (Å²) in [5.41, 5.74) is 0.374. The molecule has 0 saturated carbocycles. The molecule has 1 aromatic carbocycles. The molecular weight excluding hydrogens is 384 g/mol. The zero-order valence-corrected chi connectivity index (χ0v) is 15.5. The van der Waals surface area contributed by atoms with Gasteiger partial charge in [0.15, 0.2) is 12.9 Å². The SMILES string of the molecule is O=C1COc2cc(S(=O)(=O)N3CCC(C4OCCO4)CC3)c(Cl)cc2N1. The summed E-state index contributed by atoms with van der Waals surface area (Å²) in [6, 6.07) is 2.79. The van der Waals surface area contributed by atoms with Gasteiger partial charge in [0.1, 0.15) is 10.6 Å². The Balaban J connectivity index is 1.53. The van der Waals surface area contributed by atoms with Crippen molar-refractivity contribution in [2.75, 3.05) is 38.2 Å². The summed E-state index contributed by atoms with van der Waals surface area (Å²) in [5.74, 6) is 0.194. The topological polar surface area (TPSA) is 94.2 Å². The van der Waals surface area contributed by atoms with Gasteiger partial charge in [-0.25, -0.2) is 8.42 Å². The average molecular weight is 403 g/mol. The zero-order chi connectivity index (χ0) is 18.3. The fourth-order valence-electron chi connectivity index (χ4n) is 3.46. The maximum Gasteiger partial charge on any atom is 0.262 e. The van der Waals surface area contributed by atoms with Crippen molar-refractivity contribution >= 4 is 33.2 Å². The number of hydrogen-bond acceptors (Lipinski definition) is 6. The van der Waals surface area contributed by atoms with Crippen LogP contribution in [0, 0.1) is 5.92 Å². The molecule has 8 nitrogen and oxygen atoms in total. The Labute approximate surface area is 156 Å². The Kier molecular flexibility index (Phi) is 4.83. The number of anilines is 1. The molecule has 1 aromatic rings. The summed E-state index contributed by atoms with van der Waals surface area (Å²) >= 11 is 6.19. The van der Waals surface area contributed by atoms with Gasteiger partial charge in [-0.2, -0.15) is 4.31 Å². The van der Waals surface area contributed by atoms with Gasteiger partial charge in [-0.1, -0.05) is 11.6 Å². The molecule has 3 aliphatic heterocycles. The van der Waals surface area contributed by atoms with Crippen molar-refractivity contribution in [3.63, 3.8) is 0 Å². The highest BCUT2D eigenvalue weighted by molar-refractivity contribution is 7.89. The molecule has 0 unspecified atom stereocenters. The minimum absolute atomic E-state index is 0.0131. The summed E-state index contributed by atoms with van der Waals surface area (Å²) in [4.78, 5) is 11.4. The van der Waals surface area contributed by atoms with Crippen LogP contribution in [0.4, 0.5) is 5.69 Å². The summed E-state index contributed by atoms with van der Waals surface area (Å²) < 4.78 is 43.8. The minimum atomic E-state index is -3.76. The van der Waals surface area contributed by atoms with E-state index in [0.29, 0.717) is 50.6 Å². The molecule has 0 radical (unpaired) electrons. The molecule has 2 saturated heterocycles. The number of nitrogens with zero attached hydrogens (tertiary/aromatic N) is 1. The molecule has 1 amide bonds. The second-order valence-corrected chi connectivity index (χ2v) is 8.78. The lowest BCUT2D eigenvalue weighted by Gasteiger charge is -2.33. The normalized spacial score (nSPS) is 22.7. The van der Waals surface area contributed by atoms with Crippen molar-refractivity contribution in [1.29, 1.82) is 0 Å². The van der Waals surface area contributed by atoms with Gasteiger partial charge in [0, 0.05) is 25.1 Å². The summed E-state index contributed by atoms with van der Waals surface area (Å²) in [7, 11) is -3.76. The Morgan fingerprint density at radius 2 is 1.85 bits per heavy atom. The maximum atomic E-state index is 13.0. The second-order valence-electron chi connectivity index (χ2n) is 6.47. The maximum absolute atomic E-state index is 13.0. The van der Waals surface area contributed by atoms with Crippen LogP contribution in [0.1, 0.15) is 12.8 Å². The van der Waals surface area contributed by atoms with Gasteiger partial charge in [0.25, 0.3) is 5.91 Å². The predicted molar refractivity (Wildman–Crippen MR) is 92.8 cm³/mol. The van der Waals surface area contributed by atoms with E-state index in [-0.39, 0.29) is 34.6 Å². The molecule has 1 N–H and O–H groups in total. The lowest BCUT2D eigenvalue weighted by Crippen LogP contribution is -2.41. The third-order valence-corrected chi connectivity index (χ3v) is 7.18. The van der Waals surface area contributed by atoms with Crippen LogP contribution in [0.3, 0.4) is 0 Å². The molecule has 3 heterocycles. The van der Waals surface area contributed by atoms with Gasteiger partial charge < -0.3 is 19.5 Å². The number of halogens is 1. The van der Waals surface area contributed by atoms with Crippen LogP contribution in [-0.2, 0) is 24.3 Å². The lowest BCUT2D eigenvalue weighted by atomic mass is 9.98. The summed E-state index contributed by atoms with van der Waals surface area (Å²) in [6.07, 6.45) is 1.10. The number of amides is 1. The second kappa shape index (κ2) is 6.97. The van der Waals surface area contributed by atoms with Crippen molar-refractivity contribution in [3.8, 4) is 5.75 Å². The first kappa shape index (κ1) is 18.0. The molecule has 0 bridgehead atoms. The van der Waals surface area contributed by atoms with Gasteiger partial charge in [-0.3, -0.25) is 4.79 Å². The first-order valence-electron chi connectivity index (χ1n) is 8.45. The van der Waals surface area contributed by atoms with Crippen LogP contribution in [-0.4, -0.2) is 57.8 Å². The molecule has 3 aliphatic rings. The minimum Gasteiger partial charge on any atom is -0.482 e. The number of rotatable bonds is 3. The predicted octanol–water partition coefficient (Wildman–Crippen LogP) is 1.44. The van der Waals surface area contributed by atoms with E-state index in [9.17, 15) is 13.2 Å². The molecule has 0 aliphatic carbocycles. The fourth-order valence-corrected chi connectivity index (χ4v) is 5.44. The third-order valence-electron chi connectivity index (χ3n) is 4.82. The molecule has 2 fully saturated rings. The van der Waals surface area contributed by atoms with Crippen LogP contribution in [0.15, 0.2) is 17.0 Å². The molecule has 0 spiro atoms. The number of carbonyl (C=O) groups is 1. The number of sulfonamides is 1. The first-order chi connectivity index (χ1) is 12.4. The first-order valence-corrected chi connectivity index (χ1v) is 10.3. The number of carbonyl (C=O) groups excluding carboxylic acids is 1. The molecule has 4 rings (SSSR count). The van der Waals surface area contributed by atoms with E-state index >= 15 is 0 Å². The molecular formula is C16H19ClN2O6S. The van der Waals surface area contributed by atoms with E-state index in [0.717, 1.165) is 0 Å². The number of ether oxygens (including phenoxy) is 3. The number of piperidine rings is 1. The van der Waals surface area contributed by atoms with Crippen LogP contribution in [0.5, 0.6) is 5.75 Å². The quantitative estimate of drug-likeness (QED) is 0.822. The highest BCUT2D eigenvalue weighted by atomic mass is 35.5. The monoisotopic (exact) mass is 402 g/mol. The lowest BCUT2D eigenvalue weighted by molar-refractivity contribution is -0.118. The largest absolute Gasteiger partial charge is 0.482 e. The van der Waals surface area contributed by atoms with Gasteiger partial charge in [0.05, 0.1) is 23.9 Å². The van der Waals surface area contributed by atoms with Crippen LogP contribution in [0.25, 0.3) is 0 Å². The molecule has 10 heteroatoms.